The molecule has 7 heteroatoms. The first-order valence-electron chi connectivity index (χ1n) is 21.9. The van der Waals surface area contributed by atoms with E-state index in [1.54, 1.807) is 0 Å². The summed E-state index contributed by atoms with van der Waals surface area (Å²) in [6.45, 7) is 20.2. The van der Waals surface area contributed by atoms with Crippen LogP contribution < -0.4 is 0 Å². The van der Waals surface area contributed by atoms with E-state index < -0.39 is 0 Å². The minimum Gasteiger partial charge on any atom is -0.292 e. The van der Waals surface area contributed by atoms with E-state index in [1.807, 2.05) is 18.3 Å². The van der Waals surface area contributed by atoms with E-state index >= 15 is 0 Å². The lowest BCUT2D eigenvalue weighted by Crippen LogP contribution is -2.11. The molecular weight excluding hydrogens is 771 g/mol. The molecule has 4 heterocycles. The Morgan fingerprint density at radius 3 is 1.08 bits per heavy atom. The molecule has 6 aromatic carbocycles. The molecule has 0 aliphatic heterocycles. The Hall–Kier alpha value is -7.12. The molecule has 0 saturated heterocycles. The summed E-state index contributed by atoms with van der Waals surface area (Å²) in [7, 11) is 0. The molecule has 0 aliphatic rings. The highest BCUT2D eigenvalue weighted by Crippen LogP contribution is 2.39. The summed E-state index contributed by atoms with van der Waals surface area (Å²) in [4.78, 5) is 21.1. The van der Waals surface area contributed by atoms with E-state index in [0.717, 1.165) is 84.5 Å². The van der Waals surface area contributed by atoms with Crippen LogP contribution in [0, 0.1) is 0 Å². The number of benzene rings is 6. The fraction of sp³-hybridized carbons (Fsp3) is 0.214. The third-order valence-electron chi connectivity index (χ3n) is 12.2. The maximum atomic E-state index is 5.41. The average molecular weight is 824 g/mol. The van der Waals surface area contributed by atoms with Crippen LogP contribution in [0.2, 0.25) is 0 Å². The van der Waals surface area contributed by atoms with Gasteiger partial charge in [-0.15, -0.1) is 0 Å². The highest BCUT2D eigenvalue weighted by Gasteiger charge is 2.24. The zero-order chi connectivity index (χ0) is 43.8. The first-order valence-corrected chi connectivity index (χ1v) is 21.9. The fourth-order valence-corrected chi connectivity index (χ4v) is 8.66. The zero-order valence-corrected chi connectivity index (χ0v) is 37.6. The van der Waals surface area contributed by atoms with Gasteiger partial charge in [0.25, 0.3) is 0 Å². The molecule has 312 valence electrons. The minimum absolute atomic E-state index is 0.0108. The molecule has 7 nitrogen and oxygen atoms in total. The van der Waals surface area contributed by atoms with Gasteiger partial charge in [0.15, 0.2) is 5.65 Å². The standard InChI is InChI=1S/C56H53N7/c1-54(2,3)39-20-26-42(27-21-39)61-48-18-12-10-15-45(48)58-50(61)36-33-37(51-59-46-16-11-13-19-49(46)62(51)43-28-22-40(23-29-43)55(4,5)6)35-38(34-36)52-60-47-17-14-32-57-53(47)63(52)44-30-24-41(25-31-44)56(7,8)9/h10-35H,1-9H3. The first-order chi connectivity index (χ1) is 30.1. The first kappa shape index (κ1) is 40.0. The summed E-state index contributed by atoms with van der Waals surface area (Å²) < 4.78 is 6.76. The third kappa shape index (κ3) is 7.21. The van der Waals surface area contributed by atoms with Gasteiger partial charge in [0.1, 0.15) is 23.0 Å². The van der Waals surface area contributed by atoms with Crippen molar-refractivity contribution in [2.45, 2.75) is 78.6 Å². The van der Waals surface area contributed by atoms with E-state index in [1.165, 1.54) is 16.7 Å². The lowest BCUT2D eigenvalue weighted by Gasteiger charge is -2.20. The molecule has 0 fully saturated rings. The lowest BCUT2D eigenvalue weighted by atomic mass is 9.87. The SMILES string of the molecule is CC(C)(C)c1ccc(-n2c(-c3cc(-c4nc5ccccc5n4-c4ccc(C(C)(C)C)cc4)cc(-c4nc5cccnc5n4-c4ccc(C(C)(C)C)cc4)c3)nc3ccccc32)cc1. The number of hydrogen-bond acceptors (Lipinski definition) is 4. The highest BCUT2D eigenvalue weighted by molar-refractivity contribution is 5.89. The van der Waals surface area contributed by atoms with E-state index in [4.69, 9.17) is 19.9 Å². The van der Waals surface area contributed by atoms with Crippen LogP contribution in [0.25, 0.3) is 84.5 Å². The van der Waals surface area contributed by atoms with Crippen molar-refractivity contribution in [1.29, 1.82) is 0 Å². The summed E-state index contributed by atoms with van der Waals surface area (Å²) in [5.74, 6) is 2.44. The minimum atomic E-state index is 0.0108. The quantitative estimate of drug-likeness (QED) is 0.168. The van der Waals surface area contributed by atoms with E-state index in [0.29, 0.717) is 0 Å². The molecule has 0 atom stereocenters. The van der Waals surface area contributed by atoms with Crippen molar-refractivity contribution in [1.82, 2.24) is 33.6 Å². The predicted octanol–water partition coefficient (Wildman–Crippen LogP) is 14.0. The molecular formula is C56H53N7. The zero-order valence-electron chi connectivity index (χ0n) is 37.6. The molecule has 0 radical (unpaired) electrons. The second-order valence-electron chi connectivity index (χ2n) is 19.8. The van der Waals surface area contributed by atoms with E-state index in [-0.39, 0.29) is 16.2 Å². The van der Waals surface area contributed by atoms with Crippen LogP contribution in [-0.2, 0) is 16.2 Å². The summed E-state index contributed by atoms with van der Waals surface area (Å²) in [5, 5.41) is 0. The normalized spacial score (nSPS) is 12.5. The summed E-state index contributed by atoms with van der Waals surface area (Å²) >= 11 is 0. The van der Waals surface area contributed by atoms with Crippen molar-refractivity contribution >= 4 is 33.2 Å². The van der Waals surface area contributed by atoms with Crippen LogP contribution in [0.15, 0.2) is 158 Å². The van der Waals surface area contributed by atoms with E-state index in [2.05, 4.69) is 216 Å². The molecule has 0 aliphatic carbocycles. The van der Waals surface area contributed by atoms with Crippen molar-refractivity contribution < 1.29 is 0 Å². The van der Waals surface area contributed by atoms with Crippen LogP contribution >= 0.6 is 0 Å². The second-order valence-corrected chi connectivity index (χ2v) is 19.8. The number of hydrogen-bond donors (Lipinski definition) is 0. The molecule has 0 unspecified atom stereocenters. The van der Waals surface area contributed by atoms with Crippen molar-refractivity contribution in [3.05, 3.63) is 175 Å². The maximum absolute atomic E-state index is 5.41. The third-order valence-corrected chi connectivity index (χ3v) is 12.2. The van der Waals surface area contributed by atoms with Crippen LogP contribution in [0.1, 0.15) is 79.0 Å². The Morgan fingerprint density at radius 2 is 0.683 bits per heavy atom. The Kier molecular flexibility index (Phi) is 9.37. The van der Waals surface area contributed by atoms with Crippen LogP contribution in [0.3, 0.4) is 0 Å². The monoisotopic (exact) mass is 823 g/mol. The van der Waals surface area contributed by atoms with Gasteiger partial charge in [0.05, 0.1) is 22.1 Å². The number of fused-ring (bicyclic) bond motifs is 3. The summed E-state index contributed by atoms with van der Waals surface area (Å²) in [5.41, 5.74) is 15.2. The highest BCUT2D eigenvalue weighted by atomic mass is 15.1. The van der Waals surface area contributed by atoms with Gasteiger partial charge in [-0.25, -0.2) is 19.9 Å². The predicted molar refractivity (Wildman–Crippen MR) is 261 cm³/mol. The van der Waals surface area contributed by atoms with Gasteiger partial charge in [-0.2, -0.15) is 0 Å². The van der Waals surface area contributed by atoms with Gasteiger partial charge in [-0.3, -0.25) is 13.7 Å². The Labute approximate surface area is 369 Å². The molecule has 10 aromatic rings. The number of pyridine rings is 1. The van der Waals surface area contributed by atoms with Gasteiger partial charge in [-0.05, 0) is 124 Å². The molecule has 0 amide bonds. The molecule has 0 saturated carbocycles. The molecule has 0 N–H and O–H groups in total. The average Bonchev–Trinajstić information content (AvgIpc) is 3.98. The summed E-state index contributed by atoms with van der Waals surface area (Å²) in [6, 6.07) is 54.1. The van der Waals surface area contributed by atoms with E-state index in [9.17, 15) is 0 Å². The Bertz CT molecular complexity index is 2940. The van der Waals surface area contributed by atoms with Crippen molar-refractivity contribution in [2.75, 3.05) is 0 Å². The molecule has 4 aromatic heterocycles. The second kappa shape index (κ2) is 14.8. The number of aromatic nitrogens is 7. The Morgan fingerprint density at radius 1 is 0.349 bits per heavy atom. The van der Waals surface area contributed by atoms with Crippen LogP contribution in [-0.4, -0.2) is 33.6 Å². The van der Waals surface area contributed by atoms with Gasteiger partial charge in [0, 0.05) is 39.9 Å². The fourth-order valence-electron chi connectivity index (χ4n) is 8.66. The molecule has 63 heavy (non-hydrogen) atoms. The summed E-state index contributed by atoms with van der Waals surface area (Å²) in [6.07, 6.45) is 1.84. The number of imidazole rings is 3. The Balaban J connectivity index is 1.27. The van der Waals surface area contributed by atoms with Crippen LogP contribution in [0.4, 0.5) is 0 Å². The molecule has 0 spiro atoms. The van der Waals surface area contributed by atoms with Gasteiger partial charge < -0.3 is 0 Å². The molecule has 10 rings (SSSR count). The van der Waals surface area contributed by atoms with Crippen molar-refractivity contribution in [3.8, 4) is 51.2 Å². The number of para-hydroxylation sites is 4. The topological polar surface area (TPSA) is 66.3 Å². The van der Waals surface area contributed by atoms with Crippen LogP contribution in [0.5, 0.6) is 0 Å². The van der Waals surface area contributed by atoms with Crippen molar-refractivity contribution in [3.63, 3.8) is 0 Å². The smallest absolute Gasteiger partial charge is 0.164 e. The molecule has 0 bridgehead atoms. The lowest BCUT2D eigenvalue weighted by molar-refractivity contribution is 0.590. The largest absolute Gasteiger partial charge is 0.292 e. The number of nitrogens with zero attached hydrogens (tertiary/aromatic N) is 7. The van der Waals surface area contributed by atoms with Crippen molar-refractivity contribution in [2.24, 2.45) is 0 Å². The van der Waals surface area contributed by atoms with Gasteiger partial charge in [-0.1, -0.05) is 123 Å². The van der Waals surface area contributed by atoms with Gasteiger partial charge in [0.2, 0.25) is 0 Å². The number of rotatable bonds is 6. The maximum Gasteiger partial charge on any atom is 0.164 e. The van der Waals surface area contributed by atoms with Gasteiger partial charge >= 0.3 is 0 Å².